The summed E-state index contributed by atoms with van der Waals surface area (Å²) in [5, 5.41) is 1.03. The van der Waals surface area contributed by atoms with Crippen LogP contribution in [0, 0.1) is 0 Å². The molecule has 1 aromatic heterocycles. The van der Waals surface area contributed by atoms with Gasteiger partial charge in [0.1, 0.15) is 17.6 Å². The smallest absolute Gasteiger partial charge is 0.134 e. The van der Waals surface area contributed by atoms with Gasteiger partial charge in [0, 0.05) is 5.39 Å². The van der Waals surface area contributed by atoms with E-state index >= 15 is 0 Å². The highest BCUT2D eigenvalue weighted by atomic mass is 16.3. The zero-order valence-corrected chi connectivity index (χ0v) is 10.2. The Hall–Kier alpha value is -1.83. The molecular weight excluding hydrogens is 212 g/mol. The molecule has 0 aliphatic heterocycles. The second kappa shape index (κ2) is 4.21. The number of rotatable bonds is 4. The molecule has 1 heterocycles. The van der Waals surface area contributed by atoms with Crippen LogP contribution >= 0.6 is 0 Å². The Labute approximate surface area is 101 Å². The third-order valence-electron chi connectivity index (χ3n) is 2.92. The average Bonchev–Trinajstić information content (AvgIpc) is 2.72. The number of para-hydroxylation sites is 1. The van der Waals surface area contributed by atoms with Crippen LogP contribution in [0.25, 0.3) is 11.0 Å². The van der Waals surface area contributed by atoms with Crippen molar-refractivity contribution < 1.29 is 9.21 Å². The summed E-state index contributed by atoms with van der Waals surface area (Å²) in [6.07, 6.45) is 1.55. The fourth-order valence-corrected chi connectivity index (χ4v) is 2.08. The molecule has 2 heteroatoms. The number of furan rings is 1. The van der Waals surface area contributed by atoms with Crippen LogP contribution in [0.1, 0.15) is 26.0 Å². The van der Waals surface area contributed by atoms with Crippen LogP contribution in [0.5, 0.6) is 0 Å². The molecule has 0 amide bonds. The lowest BCUT2D eigenvalue weighted by molar-refractivity contribution is -0.112. The maximum atomic E-state index is 11.3. The standard InChI is InChI=1S/C15H16O2/c1-11(2)9-15(3,10-16)14-8-12-6-4-5-7-13(12)17-14/h4-8,10H,1,9H2,2-3H3. The van der Waals surface area contributed by atoms with Crippen LogP contribution < -0.4 is 0 Å². The molecule has 0 saturated heterocycles. The van der Waals surface area contributed by atoms with Crippen LogP contribution in [-0.4, -0.2) is 6.29 Å². The molecule has 0 radical (unpaired) electrons. The molecule has 0 N–H and O–H groups in total. The van der Waals surface area contributed by atoms with Gasteiger partial charge in [-0.1, -0.05) is 23.8 Å². The van der Waals surface area contributed by atoms with Crippen molar-refractivity contribution in [3.63, 3.8) is 0 Å². The number of hydrogen-bond acceptors (Lipinski definition) is 2. The Bertz CT molecular complexity index is 532. The van der Waals surface area contributed by atoms with Crippen molar-refractivity contribution in [2.75, 3.05) is 0 Å². The fourth-order valence-electron chi connectivity index (χ4n) is 2.08. The minimum atomic E-state index is -0.620. The van der Waals surface area contributed by atoms with Crippen LogP contribution in [0.3, 0.4) is 0 Å². The normalized spacial score (nSPS) is 14.5. The number of hydrogen-bond donors (Lipinski definition) is 0. The van der Waals surface area contributed by atoms with Gasteiger partial charge in [0.2, 0.25) is 0 Å². The lowest BCUT2D eigenvalue weighted by atomic mass is 9.83. The maximum Gasteiger partial charge on any atom is 0.134 e. The summed E-state index contributed by atoms with van der Waals surface area (Å²) in [6.45, 7) is 7.67. The Balaban J connectivity index is 2.49. The fraction of sp³-hybridized carbons (Fsp3) is 0.267. The molecule has 17 heavy (non-hydrogen) atoms. The first kappa shape index (κ1) is 11.6. The van der Waals surface area contributed by atoms with E-state index in [9.17, 15) is 4.79 Å². The maximum absolute atomic E-state index is 11.3. The number of fused-ring (bicyclic) bond motifs is 1. The van der Waals surface area contributed by atoms with Gasteiger partial charge in [0.25, 0.3) is 0 Å². The van der Waals surface area contributed by atoms with Gasteiger partial charge in [-0.25, -0.2) is 0 Å². The molecule has 0 spiro atoms. The SMILES string of the molecule is C=C(C)CC(C)(C=O)c1cc2ccccc2o1. The van der Waals surface area contributed by atoms with Crippen molar-refractivity contribution in [3.05, 3.63) is 48.2 Å². The van der Waals surface area contributed by atoms with Gasteiger partial charge in [-0.05, 0) is 32.4 Å². The second-order valence-corrected chi connectivity index (χ2v) is 4.82. The molecule has 2 rings (SSSR count). The van der Waals surface area contributed by atoms with E-state index in [2.05, 4.69) is 6.58 Å². The van der Waals surface area contributed by atoms with E-state index in [0.717, 1.165) is 22.8 Å². The molecule has 88 valence electrons. The summed E-state index contributed by atoms with van der Waals surface area (Å²) in [5.74, 6) is 0.705. The molecule has 2 aromatic rings. The van der Waals surface area contributed by atoms with Crippen LogP contribution in [0.15, 0.2) is 46.9 Å². The van der Waals surface area contributed by atoms with E-state index in [-0.39, 0.29) is 0 Å². The van der Waals surface area contributed by atoms with Gasteiger partial charge in [-0.2, -0.15) is 0 Å². The third-order valence-corrected chi connectivity index (χ3v) is 2.92. The molecular formula is C15H16O2. The van der Waals surface area contributed by atoms with Crippen LogP contribution in [0.2, 0.25) is 0 Å². The van der Waals surface area contributed by atoms with Gasteiger partial charge in [-0.3, -0.25) is 0 Å². The number of carbonyl (C=O) groups excluding carboxylic acids is 1. The van der Waals surface area contributed by atoms with Gasteiger partial charge < -0.3 is 9.21 Å². The zero-order valence-electron chi connectivity index (χ0n) is 10.2. The summed E-state index contributed by atoms with van der Waals surface area (Å²) in [7, 11) is 0. The average molecular weight is 228 g/mol. The quantitative estimate of drug-likeness (QED) is 0.587. The van der Waals surface area contributed by atoms with E-state index < -0.39 is 5.41 Å². The summed E-state index contributed by atoms with van der Waals surface area (Å²) in [4.78, 5) is 11.3. The second-order valence-electron chi connectivity index (χ2n) is 4.82. The number of aldehydes is 1. The minimum Gasteiger partial charge on any atom is -0.460 e. The van der Waals surface area contributed by atoms with Crippen LogP contribution in [0.4, 0.5) is 0 Å². The summed E-state index contributed by atoms with van der Waals surface area (Å²) >= 11 is 0. The topological polar surface area (TPSA) is 30.2 Å². The van der Waals surface area contributed by atoms with Crippen molar-refractivity contribution in [3.8, 4) is 0 Å². The van der Waals surface area contributed by atoms with Crippen molar-refractivity contribution in [2.45, 2.75) is 25.7 Å². The van der Waals surface area contributed by atoms with E-state index in [0.29, 0.717) is 12.2 Å². The van der Waals surface area contributed by atoms with Crippen LogP contribution in [-0.2, 0) is 10.2 Å². The molecule has 2 nitrogen and oxygen atoms in total. The first-order valence-electron chi connectivity index (χ1n) is 5.65. The Kier molecular flexibility index (Phi) is 2.88. The van der Waals surface area contributed by atoms with E-state index in [1.165, 1.54) is 0 Å². The first-order chi connectivity index (χ1) is 8.05. The Morgan fingerprint density at radius 3 is 2.76 bits per heavy atom. The summed E-state index contributed by atoms with van der Waals surface area (Å²) < 4.78 is 5.75. The Morgan fingerprint density at radius 1 is 1.47 bits per heavy atom. The zero-order chi connectivity index (χ0) is 12.5. The highest BCUT2D eigenvalue weighted by Gasteiger charge is 2.30. The summed E-state index contributed by atoms with van der Waals surface area (Å²) in [6, 6.07) is 9.71. The van der Waals surface area contributed by atoms with Crippen molar-refractivity contribution >= 4 is 17.3 Å². The molecule has 1 aromatic carbocycles. The monoisotopic (exact) mass is 228 g/mol. The number of benzene rings is 1. The molecule has 1 atom stereocenters. The van der Waals surface area contributed by atoms with E-state index in [1.54, 1.807) is 0 Å². The van der Waals surface area contributed by atoms with Gasteiger partial charge >= 0.3 is 0 Å². The summed E-state index contributed by atoms with van der Waals surface area (Å²) in [5.41, 5.74) is 1.17. The number of carbonyl (C=O) groups is 1. The molecule has 0 aliphatic rings. The highest BCUT2D eigenvalue weighted by molar-refractivity contribution is 5.80. The largest absolute Gasteiger partial charge is 0.460 e. The molecule has 0 aliphatic carbocycles. The molecule has 0 saturated carbocycles. The number of allylic oxidation sites excluding steroid dienone is 1. The predicted molar refractivity (Wildman–Crippen MR) is 69.1 cm³/mol. The highest BCUT2D eigenvalue weighted by Crippen LogP contribution is 2.32. The van der Waals surface area contributed by atoms with E-state index in [1.807, 2.05) is 44.2 Å². The van der Waals surface area contributed by atoms with E-state index in [4.69, 9.17) is 4.42 Å². The van der Waals surface area contributed by atoms with Gasteiger partial charge in [0.05, 0.1) is 5.41 Å². The molecule has 0 bridgehead atoms. The predicted octanol–water partition coefficient (Wildman–Crippen LogP) is 3.86. The van der Waals surface area contributed by atoms with Gasteiger partial charge in [-0.15, -0.1) is 6.58 Å². The van der Waals surface area contributed by atoms with Crippen molar-refractivity contribution in [1.29, 1.82) is 0 Å². The minimum absolute atomic E-state index is 0.607. The first-order valence-corrected chi connectivity index (χ1v) is 5.65. The molecule has 0 fully saturated rings. The lowest BCUT2D eigenvalue weighted by Gasteiger charge is -2.20. The van der Waals surface area contributed by atoms with Gasteiger partial charge in [0.15, 0.2) is 0 Å². The third kappa shape index (κ3) is 2.16. The molecule has 1 unspecified atom stereocenters. The Morgan fingerprint density at radius 2 is 2.18 bits per heavy atom. The van der Waals surface area contributed by atoms with Crippen molar-refractivity contribution in [1.82, 2.24) is 0 Å². The lowest BCUT2D eigenvalue weighted by Crippen LogP contribution is -2.23. The van der Waals surface area contributed by atoms with Crippen molar-refractivity contribution in [2.24, 2.45) is 0 Å².